The maximum Gasteiger partial charge on any atom is 0.105 e. The van der Waals surface area contributed by atoms with E-state index in [1.807, 2.05) is 6.92 Å². The van der Waals surface area contributed by atoms with Crippen molar-refractivity contribution in [3.8, 4) is 0 Å². The van der Waals surface area contributed by atoms with Crippen LogP contribution in [0.2, 0.25) is 0 Å². The summed E-state index contributed by atoms with van der Waals surface area (Å²) in [6, 6.07) is 2.38. The Labute approximate surface area is 116 Å². The van der Waals surface area contributed by atoms with Crippen LogP contribution in [0.25, 0.3) is 0 Å². The molecule has 0 radical (unpaired) electrons. The van der Waals surface area contributed by atoms with Gasteiger partial charge in [-0.25, -0.2) is 0 Å². The summed E-state index contributed by atoms with van der Waals surface area (Å²) in [6.07, 6.45) is 2.84. The molecule has 2 rings (SSSR count). The van der Waals surface area contributed by atoms with Crippen LogP contribution < -0.4 is 5.32 Å². The van der Waals surface area contributed by atoms with E-state index in [1.165, 1.54) is 5.56 Å². The predicted molar refractivity (Wildman–Crippen MR) is 77.2 cm³/mol. The lowest BCUT2D eigenvalue weighted by atomic mass is 9.79. The van der Waals surface area contributed by atoms with Gasteiger partial charge in [0.2, 0.25) is 0 Å². The molecule has 0 bridgehead atoms. The molecule has 2 unspecified atom stereocenters. The lowest BCUT2D eigenvalue weighted by Gasteiger charge is -2.33. The van der Waals surface area contributed by atoms with E-state index in [4.69, 9.17) is 9.15 Å². The number of ether oxygens (including phenoxy) is 1. The van der Waals surface area contributed by atoms with Crippen LogP contribution in [0.4, 0.5) is 0 Å². The maximum atomic E-state index is 6.24. The van der Waals surface area contributed by atoms with E-state index in [0.717, 1.165) is 18.7 Å². The van der Waals surface area contributed by atoms with Crippen molar-refractivity contribution in [3.05, 3.63) is 23.7 Å². The van der Waals surface area contributed by atoms with Gasteiger partial charge in [-0.05, 0) is 53.7 Å². The normalized spacial score (nSPS) is 26.5. The fraction of sp³-hybridized carbons (Fsp3) is 0.750. The first kappa shape index (κ1) is 14.6. The Bertz CT molecular complexity index is 434. The summed E-state index contributed by atoms with van der Waals surface area (Å²) in [5.74, 6) is 1.45. The van der Waals surface area contributed by atoms with Crippen molar-refractivity contribution in [1.82, 2.24) is 5.32 Å². The van der Waals surface area contributed by atoms with Crippen molar-refractivity contribution >= 4 is 0 Å². The van der Waals surface area contributed by atoms with Crippen molar-refractivity contribution in [1.29, 1.82) is 0 Å². The predicted octanol–water partition coefficient (Wildman–Crippen LogP) is 3.83. The molecule has 3 heteroatoms. The number of nitrogens with one attached hydrogen (secondary N) is 1. The molecule has 1 aromatic rings. The van der Waals surface area contributed by atoms with Gasteiger partial charge in [-0.15, -0.1) is 0 Å². The molecule has 1 saturated heterocycles. The zero-order valence-electron chi connectivity index (χ0n) is 13.0. The third-order valence-electron chi connectivity index (χ3n) is 4.20. The number of hydrogen-bond donors (Lipinski definition) is 1. The van der Waals surface area contributed by atoms with Gasteiger partial charge in [-0.2, -0.15) is 0 Å². The van der Waals surface area contributed by atoms with E-state index in [2.05, 4.69) is 46.0 Å². The summed E-state index contributed by atoms with van der Waals surface area (Å²) in [5.41, 5.74) is 1.08. The van der Waals surface area contributed by atoms with Gasteiger partial charge in [-0.3, -0.25) is 0 Å². The van der Waals surface area contributed by atoms with Gasteiger partial charge in [0.1, 0.15) is 5.76 Å². The molecule has 0 saturated carbocycles. The molecule has 1 N–H and O–H groups in total. The molecule has 3 nitrogen and oxygen atoms in total. The van der Waals surface area contributed by atoms with Gasteiger partial charge in [0.15, 0.2) is 0 Å². The summed E-state index contributed by atoms with van der Waals surface area (Å²) >= 11 is 0. The minimum Gasteiger partial charge on any atom is -0.469 e. The van der Waals surface area contributed by atoms with E-state index in [0.29, 0.717) is 12.0 Å². The van der Waals surface area contributed by atoms with Crippen LogP contribution in [0, 0.1) is 12.8 Å². The Morgan fingerprint density at radius 2 is 2.05 bits per heavy atom. The monoisotopic (exact) mass is 265 g/mol. The zero-order valence-corrected chi connectivity index (χ0v) is 13.0. The van der Waals surface area contributed by atoms with Crippen LogP contribution in [0.15, 0.2) is 16.7 Å². The van der Waals surface area contributed by atoms with Gasteiger partial charge < -0.3 is 14.5 Å². The quantitative estimate of drug-likeness (QED) is 0.898. The van der Waals surface area contributed by atoms with Crippen LogP contribution in [0.1, 0.15) is 58.4 Å². The highest BCUT2D eigenvalue weighted by Gasteiger charge is 2.49. The Balaban J connectivity index is 2.32. The van der Waals surface area contributed by atoms with Gasteiger partial charge in [0.25, 0.3) is 0 Å². The first-order valence-corrected chi connectivity index (χ1v) is 7.24. The molecule has 19 heavy (non-hydrogen) atoms. The lowest BCUT2D eigenvalue weighted by molar-refractivity contribution is -0.0778. The first-order valence-electron chi connectivity index (χ1n) is 7.24. The molecule has 1 aliphatic heterocycles. The SMILES string of the molecule is CCNC(c1ccoc1C)C1CC(C)(C)OC1(C)C. The van der Waals surface area contributed by atoms with Crippen LogP contribution in [0.5, 0.6) is 0 Å². The van der Waals surface area contributed by atoms with E-state index >= 15 is 0 Å². The lowest BCUT2D eigenvalue weighted by Crippen LogP contribution is -2.38. The third kappa shape index (κ3) is 2.87. The summed E-state index contributed by atoms with van der Waals surface area (Å²) in [5, 5.41) is 3.62. The van der Waals surface area contributed by atoms with Gasteiger partial charge in [-0.1, -0.05) is 6.92 Å². The second kappa shape index (κ2) is 4.95. The molecule has 1 aromatic heterocycles. The highest BCUT2D eigenvalue weighted by atomic mass is 16.5. The summed E-state index contributed by atoms with van der Waals surface area (Å²) in [4.78, 5) is 0. The van der Waals surface area contributed by atoms with Crippen molar-refractivity contribution in [2.24, 2.45) is 5.92 Å². The first-order chi connectivity index (χ1) is 8.77. The average Bonchev–Trinajstić information content (AvgIpc) is 2.76. The summed E-state index contributed by atoms with van der Waals surface area (Å²) < 4.78 is 11.7. The van der Waals surface area contributed by atoms with Crippen LogP contribution in [-0.2, 0) is 4.74 Å². The Kier molecular flexibility index (Phi) is 3.80. The molecule has 2 heterocycles. The molecule has 1 aliphatic rings. The molecular weight excluding hydrogens is 238 g/mol. The zero-order chi connectivity index (χ0) is 14.3. The minimum absolute atomic E-state index is 0.0561. The second-order valence-electron chi connectivity index (χ2n) is 6.74. The topological polar surface area (TPSA) is 34.4 Å². The molecule has 0 aliphatic carbocycles. The molecule has 2 atom stereocenters. The van der Waals surface area contributed by atoms with Crippen molar-refractivity contribution in [2.75, 3.05) is 6.54 Å². The van der Waals surface area contributed by atoms with E-state index < -0.39 is 0 Å². The standard InChI is InChI=1S/C16H27NO2/c1-7-17-14(12-8-9-18-11(12)2)13-10-15(3,4)19-16(13,5)6/h8-9,13-14,17H,7,10H2,1-6H3. The summed E-state index contributed by atoms with van der Waals surface area (Å²) in [7, 11) is 0. The van der Waals surface area contributed by atoms with Crippen molar-refractivity contribution in [3.63, 3.8) is 0 Å². The Morgan fingerprint density at radius 3 is 2.47 bits per heavy atom. The molecule has 0 spiro atoms. The van der Waals surface area contributed by atoms with Crippen LogP contribution in [0.3, 0.4) is 0 Å². The highest BCUT2D eigenvalue weighted by Crippen LogP contribution is 2.48. The Morgan fingerprint density at radius 1 is 1.37 bits per heavy atom. The second-order valence-corrected chi connectivity index (χ2v) is 6.74. The highest BCUT2D eigenvalue weighted by molar-refractivity contribution is 5.23. The van der Waals surface area contributed by atoms with Gasteiger partial charge >= 0.3 is 0 Å². The fourth-order valence-electron chi connectivity index (χ4n) is 3.53. The number of aryl methyl sites for hydroxylation is 1. The molecule has 0 amide bonds. The number of furan rings is 1. The molecule has 108 valence electrons. The fourth-order valence-corrected chi connectivity index (χ4v) is 3.53. The third-order valence-corrected chi connectivity index (χ3v) is 4.20. The van der Waals surface area contributed by atoms with E-state index in [9.17, 15) is 0 Å². The average molecular weight is 265 g/mol. The van der Waals surface area contributed by atoms with E-state index in [1.54, 1.807) is 6.26 Å². The number of hydrogen-bond acceptors (Lipinski definition) is 3. The van der Waals surface area contributed by atoms with Crippen molar-refractivity contribution < 1.29 is 9.15 Å². The van der Waals surface area contributed by atoms with Gasteiger partial charge in [0.05, 0.1) is 17.5 Å². The summed E-state index contributed by atoms with van der Waals surface area (Å²) in [6.45, 7) is 13.9. The largest absolute Gasteiger partial charge is 0.469 e. The molecule has 0 aromatic carbocycles. The van der Waals surface area contributed by atoms with Gasteiger partial charge in [0, 0.05) is 17.5 Å². The Hall–Kier alpha value is -0.800. The van der Waals surface area contributed by atoms with Crippen LogP contribution >= 0.6 is 0 Å². The molecule has 1 fully saturated rings. The van der Waals surface area contributed by atoms with Crippen LogP contribution in [-0.4, -0.2) is 17.7 Å². The van der Waals surface area contributed by atoms with E-state index in [-0.39, 0.29) is 11.2 Å². The van der Waals surface area contributed by atoms with Crippen molar-refractivity contribution in [2.45, 2.75) is 65.2 Å². The molecular formula is C16H27NO2. The maximum absolute atomic E-state index is 6.24. The smallest absolute Gasteiger partial charge is 0.105 e. The minimum atomic E-state index is -0.125. The number of rotatable bonds is 4.